The minimum Gasteiger partial charge on any atom is -0.306 e. The van der Waals surface area contributed by atoms with Gasteiger partial charge in [0.15, 0.2) is 0 Å². The molecule has 1 fully saturated rings. The smallest absolute Gasteiger partial charge is 0.000417 e. The third-order valence-electron chi connectivity index (χ3n) is 2.69. The van der Waals surface area contributed by atoms with Gasteiger partial charge in [-0.1, -0.05) is 34.6 Å². The van der Waals surface area contributed by atoms with Gasteiger partial charge in [-0.15, -0.1) is 0 Å². The van der Waals surface area contributed by atoms with Gasteiger partial charge in [0.1, 0.15) is 0 Å². The fourth-order valence-corrected chi connectivity index (χ4v) is 2.23. The summed E-state index contributed by atoms with van der Waals surface area (Å²) in [5, 5.41) is 0. The lowest BCUT2D eigenvalue weighted by molar-refractivity contribution is 0.287. The summed E-state index contributed by atoms with van der Waals surface area (Å²) < 4.78 is 0. The number of rotatable bonds is 0. The number of nitrogens with zero attached hydrogens (tertiary/aromatic N) is 1. The predicted octanol–water partition coefficient (Wildman–Crippen LogP) is 3.40. The molecule has 1 aliphatic rings. The van der Waals surface area contributed by atoms with Crippen LogP contribution in [0, 0.1) is 11.3 Å². The largest absolute Gasteiger partial charge is 0.306 e. The van der Waals surface area contributed by atoms with Crippen molar-refractivity contribution in [1.82, 2.24) is 4.90 Å². The van der Waals surface area contributed by atoms with Crippen LogP contribution < -0.4 is 0 Å². The van der Waals surface area contributed by atoms with Crippen molar-refractivity contribution < 1.29 is 0 Å². The maximum atomic E-state index is 2.46. The van der Waals surface area contributed by atoms with Crippen molar-refractivity contribution in [3.8, 4) is 0 Å². The monoisotopic (exact) mass is 185 g/mol. The van der Waals surface area contributed by atoms with E-state index in [0.29, 0.717) is 5.41 Å². The molecule has 0 aliphatic carbocycles. The van der Waals surface area contributed by atoms with Gasteiger partial charge in [-0.2, -0.15) is 0 Å². The van der Waals surface area contributed by atoms with Crippen molar-refractivity contribution >= 4 is 0 Å². The Morgan fingerprint density at radius 1 is 1.23 bits per heavy atom. The number of hydrogen-bond donors (Lipinski definition) is 0. The van der Waals surface area contributed by atoms with Crippen LogP contribution in [0.3, 0.4) is 0 Å². The van der Waals surface area contributed by atoms with E-state index >= 15 is 0 Å². The molecule has 0 radical (unpaired) electrons. The summed E-state index contributed by atoms with van der Waals surface area (Å²) in [5.41, 5.74) is 0.574. The highest BCUT2D eigenvalue weighted by Gasteiger charge is 2.25. The van der Waals surface area contributed by atoms with Gasteiger partial charge < -0.3 is 4.90 Å². The molecule has 0 bridgehead atoms. The Balaban J connectivity index is 0.000000671. The van der Waals surface area contributed by atoms with Gasteiger partial charge in [-0.3, -0.25) is 0 Å². The second kappa shape index (κ2) is 5.64. The Bertz CT molecular complexity index is 129. The average Bonchev–Trinajstić information content (AvgIpc) is 2.13. The minimum atomic E-state index is 0.574. The van der Waals surface area contributed by atoms with E-state index in [1.54, 1.807) is 0 Å². The summed E-state index contributed by atoms with van der Waals surface area (Å²) in [4.78, 5) is 2.46. The molecule has 1 unspecified atom stereocenters. The molecule has 80 valence electrons. The molecule has 1 atom stereocenters. The Labute approximate surface area is 84.5 Å². The van der Waals surface area contributed by atoms with Crippen molar-refractivity contribution in [3.05, 3.63) is 0 Å². The van der Waals surface area contributed by atoms with Crippen molar-refractivity contribution in [2.75, 3.05) is 20.1 Å². The molecule has 1 heteroatoms. The van der Waals surface area contributed by atoms with Gasteiger partial charge in [0, 0.05) is 6.54 Å². The first-order valence-corrected chi connectivity index (χ1v) is 5.68. The highest BCUT2D eigenvalue weighted by Crippen LogP contribution is 2.32. The average molecular weight is 185 g/mol. The van der Waals surface area contributed by atoms with Gasteiger partial charge in [-0.05, 0) is 37.8 Å². The zero-order valence-corrected chi connectivity index (χ0v) is 10.4. The summed E-state index contributed by atoms with van der Waals surface area (Å²) in [6.07, 6.45) is 2.74. The summed E-state index contributed by atoms with van der Waals surface area (Å²) in [7, 11) is 2.23. The Morgan fingerprint density at radius 3 is 2.31 bits per heavy atom. The number of hydrogen-bond acceptors (Lipinski definition) is 1. The Hall–Kier alpha value is -0.0400. The summed E-state index contributed by atoms with van der Waals surface area (Å²) in [6.45, 7) is 13.7. The van der Waals surface area contributed by atoms with E-state index in [9.17, 15) is 0 Å². The van der Waals surface area contributed by atoms with Crippen LogP contribution in [0.2, 0.25) is 0 Å². The molecule has 0 aromatic rings. The van der Waals surface area contributed by atoms with Crippen LogP contribution in [-0.2, 0) is 0 Å². The van der Waals surface area contributed by atoms with E-state index in [2.05, 4.69) is 32.7 Å². The molecule has 0 spiro atoms. The first-order valence-electron chi connectivity index (χ1n) is 5.68. The molecule has 1 heterocycles. The van der Waals surface area contributed by atoms with E-state index in [-0.39, 0.29) is 0 Å². The standard InChI is InChI=1S/C10H21N.C2H6/c1-9-7-10(2,3)5-6-11(4)8-9;1-2/h9H,5-8H2,1-4H3;1-2H3. The zero-order valence-electron chi connectivity index (χ0n) is 10.4. The van der Waals surface area contributed by atoms with Crippen LogP contribution in [-0.4, -0.2) is 25.0 Å². The van der Waals surface area contributed by atoms with Gasteiger partial charge in [0.05, 0.1) is 0 Å². The van der Waals surface area contributed by atoms with Crippen LogP contribution in [0.1, 0.15) is 47.5 Å². The van der Waals surface area contributed by atoms with E-state index in [1.807, 2.05) is 13.8 Å². The first kappa shape index (κ1) is 13.0. The van der Waals surface area contributed by atoms with Crippen LogP contribution in [0.4, 0.5) is 0 Å². The van der Waals surface area contributed by atoms with Crippen LogP contribution in [0.5, 0.6) is 0 Å². The minimum absolute atomic E-state index is 0.574. The maximum Gasteiger partial charge on any atom is 0.000417 e. The fraction of sp³-hybridized carbons (Fsp3) is 1.00. The van der Waals surface area contributed by atoms with E-state index in [4.69, 9.17) is 0 Å². The molecule has 13 heavy (non-hydrogen) atoms. The quantitative estimate of drug-likeness (QED) is 0.559. The van der Waals surface area contributed by atoms with E-state index in [1.165, 1.54) is 25.9 Å². The fourth-order valence-electron chi connectivity index (χ4n) is 2.23. The molecule has 0 amide bonds. The summed E-state index contributed by atoms with van der Waals surface area (Å²) in [6, 6.07) is 0. The van der Waals surface area contributed by atoms with Gasteiger partial charge in [0.2, 0.25) is 0 Å². The summed E-state index contributed by atoms with van der Waals surface area (Å²) >= 11 is 0. The van der Waals surface area contributed by atoms with Crippen molar-refractivity contribution in [2.24, 2.45) is 11.3 Å². The SMILES string of the molecule is CC.CC1CN(C)CCC(C)(C)C1. The molecular weight excluding hydrogens is 158 g/mol. The van der Waals surface area contributed by atoms with Crippen molar-refractivity contribution in [1.29, 1.82) is 0 Å². The molecule has 1 rings (SSSR count). The second-order valence-corrected chi connectivity index (χ2v) is 4.99. The zero-order chi connectivity index (χ0) is 10.5. The van der Waals surface area contributed by atoms with Crippen molar-refractivity contribution in [2.45, 2.75) is 47.5 Å². The van der Waals surface area contributed by atoms with Gasteiger partial charge >= 0.3 is 0 Å². The van der Waals surface area contributed by atoms with Crippen molar-refractivity contribution in [3.63, 3.8) is 0 Å². The lowest BCUT2D eigenvalue weighted by Gasteiger charge is -2.23. The van der Waals surface area contributed by atoms with Crippen LogP contribution >= 0.6 is 0 Å². The number of likely N-dealkylation sites (tertiary alicyclic amines) is 1. The normalized spacial score (nSPS) is 28.6. The van der Waals surface area contributed by atoms with Crippen LogP contribution in [0.15, 0.2) is 0 Å². The highest BCUT2D eigenvalue weighted by atomic mass is 15.1. The molecule has 0 N–H and O–H groups in total. The molecule has 1 nitrogen and oxygen atoms in total. The maximum absolute atomic E-state index is 2.46. The molecule has 1 saturated heterocycles. The highest BCUT2D eigenvalue weighted by molar-refractivity contribution is 4.78. The van der Waals surface area contributed by atoms with E-state index < -0.39 is 0 Å². The Kier molecular flexibility index (Phi) is 5.62. The van der Waals surface area contributed by atoms with Crippen LogP contribution in [0.25, 0.3) is 0 Å². The molecule has 1 aliphatic heterocycles. The molecular formula is C12H27N. The lowest BCUT2D eigenvalue weighted by atomic mass is 9.82. The van der Waals surface area contributed by atoms with E-state index in [0.717, 1.165) is 5.92 Å². The summed E-state index contributed by atoms with van der Waals surface area (Å²) in [5.74, 6) is 0.873. The predicted molar refractivity (Wildman–Crippen MR) is 61.0 cm³/mol. The van der Waals surface area contributed by atoms with Gasteiger partial charge in [0.25, 0.3) is 0 Å². The third kappa shape index (κ3) is 5.30. The Morgan fingerprint density at radius 2 is 1.77 bits per heavy atom. The topological polar surface area (TPSA) is 3.24 Å². The van der Waals surface area contributed by atoms with Gasteiger partial charge in [-0.25, -0.2) is 0 Å². The second-order valence-electron chi connectivity index (χ2n) is 4.99. The molecule has 0 aromatic heterocycles. The third-order valence-corrected chi connectivity index (χ3v) is 2.69. The first-order chi connectivity index (χ1) is 5.99. The molecule has 0 saturated carbocycles. The molecule has 0 aromatic carbocycles. The lowest BCUT2D eigenvalue weighted by Crippen LogP contribution is -2.22.